The minimum atomic E-state index is -0.344. The summed E-state index contributed by atoms with van der Waals surface area (Å²) in [6.45, 7) is -0.293. The summed E-state index contributed by atoms with van der Waals surface area (Å²) in [6, 6.07) is 13.3. The van der Waals surface area contributed by atoms with Crippen LogP contribution in [0.15, 0.2) is 48.5 Å². The number of aliphatic hydroxyl groups is 1. The third kappa shape index (κ3) is 3.73. The lowest BCUT2D eigenvalue weighted by atomic mass is 10.2. The number of ether oxygens (including phenoxy) is 1. The molecular weight excluding hydrogens is 258 g/mol. The fourth-order valence-electron chi connectivity index (χ4n) is 1.67. The van der Waals surface area contributed by atoms with E-state index in [2.05, 4.69) is 5.32 Å². The summed E-state index contributed by atoms with van der Waals surface area (Å²) < 4.78 is 5.22. The van der Waals surface area contributed by atoms with Gasteiger partial charge in [-0.25, -0.2) is 0 Å². The molecule has 0 fully saturated rings. The molecule has 0 aliphatic heterocycles. The van der Waals surface area contributed by atoms with Crippen LogP contribution in [0, 0.1) is 0 Å². The number of phenols is 1. The molecule has 0 saturated heterocycles. The van der Waals surface area contributed by atoms with Gasteiger partial charge in [0.1, 0.15) is 0 Å². The summed E-state index contributed by atoms with van der Waals surface area (Å²) in [4.78, 5) is 11.7. The highest BCUT2D eigenvalue weighted by Crippen LogP contribution is 2.24. The van der Waals surface area contributed by atoms with Crippen molar-refractivity contribution >= 4 is 11.6 Å². The van der Waals surface area contributed by atoms with Crippen LogP contribution < -0.4 is 10.1 Å². The number of anilines is 1. The average Bonchev–Trinajstić information content (AvgIpc) is 2.46. The molecule has 5 heteroatoms. The zero-order valence-corrected chi connectivity index (χ0v) is 10.7. The van der Waals surface area contributed by atoms with Gasteiger partial charge in [-0.15, -0.1) is 0 Å². The number of para-hydroxylation sites is 2. The molecular formula is C15H15NO4. The molecule has 0 aliphatic carbocycles. The number of aromatic hydroxyl groups is 1. The van der Waals surface area contributed by atoms with Crippen molar-refractivity contribution in [1.29, 1.82) is 0 Å². The zero-order chi connectivity index (χ0) is 14.4. The van der Waals surface area contributed by atoms with Gasteiger partial charge in [0.2, 0.25) is 0 Å². The quantitative estimate of drug-likeness (QED) is 0.777. The standard InChI is InChI=1S/C15H15NO4/c17-9-11-4-3-5-12(8-11)16-15(19)10-20-14-7-2-1-6-13(14)18/h1-8,17-18H,9-10H2,(H,16,19). The Morgan fingerprint density at radius 3 is 2.70 bits per heavy atom. The number of carbonyl (C=O) groups is 1. The van der Waals surface area contributed by atoms with Crippen molar-refractivity contribution in [1.82, 2.24) is 0 Å². The third-order valence-corrected chi connectivity index (χ3v) is 2.62. The second-order valence-corrected chi connectivity index (χ2v) is 4.16. The summed E-state index contributed by atoms with van der Waals surface area (Å²) in [7, 11) is 0. The molecule has 2 aromatic carbocycles. The summed E-state index contributed by atoms with van der Waals surface area (Å²) in [5.41, 5.74) is 1.30. The molecule has 2 aromatic rings. The van der Waals surface area contributed by atoms with Crippen molar-refractivity contribution in [3.63, 3.8) is 0 Å². The average molecular weight is 273 g/mol. The smallest absolute Gasteiger partial charge is 0.262 e. The van der Waals surface area contributed by atoms with Crippen molar-refractivity contribution < 1.29 is 19.7 Å². The van der Waals surface area contributed by atoms with Gasteiger partial charge in [0.25, 0.3) is 5.91 Å². The number of benzene rings is 2. The number of hydrogen-bond acceptors (Lipinski definition) is 4. The van der Waals surface area contributed by atoms with Crippen molar-refractivity contribution in [3.05, 3.63) is 54.1 Å². The Morgan fingerprint density at radius 1 is 1.15 bits per heavy atom. The van der Waals surface area contributed by atoms with Crippen molar-refractivity contribution in [2.75, 3.05) is 11.9 Å². The molecule has 5 nitrogen and oxygen atoms in total. The van der Waals surface area contributed by atoms with E-state index in [9.17, 15) is 9.90 Å². The Morgan fingerprint density at radius 2 is 1.95 bits per heavy atom. The molecule has 2 rings (SSSR count). The normalized spacial score (nSPS) is 10.1. The van der Waals surface area contributed by atoms with Gasteiger partial charge >= 0.3 is 0 Å². The van der Waals surface area contributed by atoms with Gasteiger partial charge in [-0.05, 0) is 29.8 Å². The molecule has 104 valence electrons. The van der Waals surface area contributed by atoms with E-state index in [0.717, 1.165) is 0 Å². The van der Waals surface area contributed by atoms with Gasteiger partial charge in [-0.2, -0.15) is 0 Å². The van der Waals surface area contributed by atoms with Crippen LogP contribution in [0.2, 0.25) is 0 Å². The molecule has 1 amide bonds. The lowest BCUT2D eigenvalue weighted by Crippen LogP contribution is -2.20. The van der Waals surface area contributed by atoms with E-state index in [-0.39, 0.29) is 30.6 Å². The summed E-state index contributed by atoms with van der Waals surface area (Å²) >= 11 is 0. The first kappa shape index (κ1) is 13.9. The van der Waals surface area contributed by atoms with Crippen LogP contribution in [-0.4, -0.2) is 22.7 Å². The van der Waals surface area contributed by atoms with Gasteiger partial charge < -0.3 is 20.3 Å². The Labute approximate surface area is 116 Å². The van der Waals surface area contributed by atoms with Crippen molar-refractivity contribution in [2.45, 2.75) is 6.61 Å². The Balaban J connectivity index is 1.91. The van der Waals surface area contributed by atoms with Crippen LogP contribution in [0.25, 0.3) is 0 Å². The molecule has 0 heterocycles. The van der Waals surface area contributed by atoms with Gasteiger partial charge in [0.15, 0.2) is 18.1 Å². The SMILES string of the molecule is O=C(COc1ccccc1O)Nc1cccc(CO)c1. The first-order valence-electron chi connectivity index (χ1n) is 6.09. The highest BCUT2D eigenvalue weighted by Gasteiger charge is 2.06. The molecule has 20 heavy (non-hydrogen) atoms. The monoisotopic (exact) mass is 273 g/mol. The molecule has 0 aromatic heterocycles. The molecule has 0 aliphatic rings. The van der Waals surface area contributed by atoms with Crippen LogP contribution in [0.4, 0.5) is 5.69 Å². The molecule has 0 spiro atoms. The molecule has 0 radical (unpaired) electrons. The van der Waals surface area contributed by atoms with Crippen LogP contribution in [0.3, 0.4) is 0 Å². The summed E-state index contributed by atoms with van der Waals surface area (Å²) in [5, 5.41) is 21.2. The van der Waals surface area contributed by atoms with Gasteiger partial charge in [0, 0.05) is 5.69 Å². The van der Waals surface area contributed by atoms with Crippen LogP contribution >= 0.6 is 0 Å². The second-order valence-electron chi connectivity index (χ2n) is 4.16. The minimum absolute atomic E-state index is 0.0115. The van der Waals surface area contributed by atoms with E-state index in [1.807, 2.05) is 0 Å². The number of aliphatic hydroxyl groups excluding tert-OH is 1. The van der Waals surface area contributed by atoms with E-state index >= 15 is 0 Å². The fraction of sp³-hybridized carbons (Fsp3) is 0.133. The second kappa shape index (κ2) is 6.58. The number of amides is 1. The number of phenolic OH excluding ortho intramolecular Hbond substituents is 1. The maximum atomic E-state index is 11.7. The summed E-state index contributed by atoms with van der Waals surface area (Å²) in [5.74, 6) is -0.0994. The lowest BCUT2D eigenvalue weighted by Gasteiger charge is -2.09. The Bertz CT molecular complexity index is 598. The highest BCUT2D eigenvalue weighted by atomic mass is 16.5. The predicted molar refractivity (Wildman–Crippen MR) is 74.6 cm³/mol. The number of carbonyl (C=O) groups excluding carboxylic acids is 1. The maximum absolute atomic E-state index is 11.7. The summed E-state index contributed by atoms with van der Waals surface area (Å²) in [6.07, 6.45) is 0. The minimum Gasteiger partial charge on any atom is -0.504 e. The van der Waals surface area contributed by atoms with Crippen LogP contribution in [0.1, 0.15) is 5.56 Å². The van der Waals surface area contributed by atoms with E-state index in [0.29, 0.717) is 11.3 Å². The molecule has 0 unspecified atom stereocenters. The predicted octanol–water partition coefficient (Wildman–Crippen LogP) is 1.90. The van der Waals surface area contributed by atoms with Crippen molar-refractivity contribution in [2.24, 2.45) is 0 Å². The van der Waals surface area contributed by atoms with E-state index < -0.39 is 0 Å². The lowest BCUT2D eigenvalue weighted by molar-refractivity contribution is -0.118. The topological polar surface area (TPSA) is 78.8 Å². The molecule has 0 atom stereocenters. The van der Waals surface area contributed by atoms with E-state index in [1.54, 1.807) is 42.5 Å². The first-order valence-corrected chi connectivity index (χ1v) is 6.09. The highest BCUT2D eigenvalue weighted by molar-refractivity contribution is 5.91. The Kier molecular flexibility index (Phi) is 4.57. The van der Waals surface area contributed by atoms with E-state index in [4.69, 9.17) is 9.84 Å². The van der Waals surface area contributed by atoms with Crippen LogP contribution in [-0.2, 0) is 11.4 Å². The number of rotatable bonds is 5. The van der Waals surface area contributed by atoms with Gasteiger partial charge in [0.05, 0.1) is 6.61 Å². The first-order chi connectivity index (χ1) is 9.69. The largest absolute Gasteiger partial charge is 0.504 e. The zero-order valence-electron chi connectivity index (χ0n) is 10.7. The number of nitrogens with one attached hydrogen (secondary N) is 1. The Hall–Kier alpha value is -2.53. The third-order valence-electron chi connectivity index (χ3n) is 2.62. The number of hydrogen-bond donors (Lipinski definition) is 3. The maximum Gasteiger partial charge on any atom is 0.262 e. The molecule has 3 N–H and O–H groups in total. The molecule has 0 bridgehead atoms. The van der Waals surface area contributed by atoms with Crippen molar-refractivity contribution in [3.8, 4) is 11.5 Å². The molecule has 0 saturated carbocycles. The van der Waals surface area contributed by atoms with Crippen LogP contribution in [0.5, 0.6) is 11.5 Å². The fourth-order valence-corrected chi connectivity index (χ4v) is 1.67. The van der Waals surface area contributed by atoms with Gasteiger partial charge in [-0.1, -0.05) is 24.3 Å². The van der Waals surface area contributed by atoms with E-state index in [1.165, 1.54) is 6.07 Å². The van der Waals surface area contributed by atoms with Gasteiger partial charge in [-0.3, -0.25) is 4.79 Å².